The molecule has 1 aromatic rings. The molecule has 1 amide bonds. The lowest BCUT2D eigenvalue weighted by atomic mass is 10.1. The second-order valence-corrected chi connectivity index (χ2v) is 5.80. The quantitative estimate of drug-likeness (QED) is 0.660. The molecule has 0 aromatic carbocycles. The number of nitro groups is 1. The maximum absolute atomic E-state index is 12.7. The minimum atomic E-state index is -0.477. The number of nitrogens with zero attached hydrogens (tertiary/aromatic N) is 3. The molecule has 7 heteroatoms. The smallest absolute Gasteiger partial charge is 0.287 e. The Morgan fingerprint density at radius 2 is 2.33 bits per heavy atom. The lowest BCUT2D eigenvalue weighted by Crippen LogP contribution is -2.45. The Labute approximate surface area is 124 Å². The van der Waals surface area contributed by atoms with Gasteiger partial charge in [0.1, 0.15) is 5.69 Å². The van der Waals surface area contributed by atoms with Gasteiger partial charge in [0.25, 0.3) is 11.6 Å². The van der Waals surface area contributed by atoms with Gasteiger partial charge in [-0.2, -0.15) is 0 Å². The summed E-state index contributed by atoms with van der Waals surface area (Å²) in [6, 6.07) is 1.71. The third-order valence-corrected chi connectivity index (χ3v) is 3.88. The minimum absolute atomic E-state index is 0.0499. The molecule has 2 heterocycles. The summed E-state index contributed by atoms with van der Waals surface area (Å²) < 4.78 is 1.53. The molecule has 1 unspecified atom stereocenters. The molecule has 1 aliphatic heterocycles. The van der Waals surface area contributed by atoms with Crippen molar-refractivity contribution >= 4 is 11.6 Å². The fourth-order valence-corrected chi connectivity index (χ4v) is 2.68. The van der Waals surface area contributed by atoms with Crippen molar-refractivity contribution in [2.45, 2.75) is 38.8 Å². The molecule has 1 aromatic heterocycles. The molecule has 0 aliphatic carbocycles. The first-order valence-electron chi connectivity index (χ1n) is 7.25. The highest BCUT2D eigenvalue weighted by molar-refractivity contribution is 5.93. The highest BCUT2D eigenvalue weighted by Crippen LogP contribution is 2.19. The number of hydrogen-bond acceptors (Lipinski definition) is 4. The summed E-state index contributed by atoms with van der Waals surface area (Å²) in [6.07, 6.45) is 3.56. The zero-order valence-corrected chi connectivity index (χ0v) is 12.7. The van der Waals surface area contributed by atoms with Crippen molar-refractivity contribution in [3.63, 3.8) is 0 Å². The maximum Gasteiger partial charge on any atom is 0.287 e. The highest BCUT2D eigenvalue weighted by atomic mass is 16.6. The summed E-state index contributed by atoms with van der Waals surface area (Å²) in [6.45, 7) is 5.55. The molecule has 1 aliphatic rings. The molecule has 2 rings (SSSR count). The summed E-state index contributed by atoms with van der Waals surface area (Å²) >= 11 is 0. The Morgan fingerprint density at radius 3 is 2.81 bits per heavy atom. The second kappa shape index (κ2) is 6.26. The van der Waals surface area contributed by atoms with Crippen LogP contribution in [0.5, 0.6) is 0 Å². The molecule has 0 bridgehead atoms. The van der Waals surface area contributed by atoms with Gasteiger partial charge in [0, 0.05) is 31.7 Å². The van der Waals surface area contributed by atoms with Gasteiger partial charge in [-0.25, -0.2) is 0 Å². The van der Waals surface area contributed by atoms with Gasteiger partial charge in [0.2, 0.25) is 0 Å². The van der Waals surface area contributed by atoms with Gasteiger partial charge in [0.15, 0.2) is 0 Å². The number of hydrogen-bond donors (Lipinski definition) is 1. The summed E-state index contributed by atoms with van der Waals surface area (Å²) in [7, 11) is 1.66. The van der Waals surface area contributed by atoms with E-state index in [1.54, 1.807) is 11.9 Å². The minimum Gasteiger partial charge on any atom is -0.340 e. The Balaban J connectivity index is 2.19. The summed E-state index contributed by atoms with van der Waals surface area (Å²) in [4.78, 5) is 24.8. The lowest BCUT2D eigenvalue weighted by Gasteiger charge is -2.29. The summed E-state index contributed by atoms with van der Waals surface area (Å²) in [5, 5.41) is 14.2. The lowest BCUT2D eigenvalue weighted by molar-refractivity contribution is -0.384. The maximum atomic E-state index is 12.7. The van der Waals surface area contributed by atoms with Crippen LogP contribution < -0.4 is 5.32 Å². The van der Waals surface area contributed by atoms with E-state index in [0.717, 1.165) is 19.4 Å². The van der Waals surface area contributed by atoms with E-state index in [9.17, 15) is 14.9 Å². The van der Waals surface area contributed by atoms with Gasteiger partial charge in [-0.15, -0.1) is 0 Å². The zero-order chi connectivity index (χ0) is 15.6. The van der Waals surface area contributed by atoms with Gasteiger partial charge in [-0.05, 0) is 33.2 Å². The first-order valence-corrected chi connectivity index (χ1v) is 7.25. The van der Waals surface area contributed by atoms with Crippen LogP contribution in [0.15, 0.2) is 12.3 Å². The predicted octanol–water partition coefficient (Wildman–Crippen LogP) is 1.54. The van der Waals surface area contributed by atoms with E-state index in [1.807, 2.05) is 13.8 Å². The normalized spacial score (nSPS) is 18.2. The molecule has 21 heavy (non-hydrogen) atoms. The summed E-state index contributed by atoms with van der Waals surface area (Å²) in [5.74, 6) is -0.158. The van der Waals surface area contributed by atoms with Crippen LogP contribution in [0.4, 0.5) is 5.69 Å². The van der Waals surface area contributed by atoms with Crippen LogP contribution in [0.3, 0.4) is 0 Å². The van der Waals surface area contributed by atoms with E-state index < -0.39 is 4.92 Å². The van der Waals surface area contributed by atoms with Crippen LogP contribution in [-0.2, 0) is 7.05 Å². The number of amides is 1. The van der Waals surface area contributed by atoms with Crippen molar-refractivity contribution in [3.8, 4) is 0 Å². The molecule has 116 valence electrons. The molecule has 1 saturated heterocycles. The third kappa shape index (κ3) is 3.41. The SMILES string of the molecule is CC(C)N(CC1CCCN1)C(=O)c1cc([N+](=O)[O-])cn1C. The van der Waals surface area contributed by atoms with E-state index >= 15 is 0 Å². The molecule has 1 N–H and O–H groups in total. The predicted molar refractivity (Wildman–Crippen MR) is 79.3 cm³/mol. The summed E-state index contributed by atoms with van der Waals surface area (Å²) in [5.41, 5.74) is 0.303. The average Bonchev–Trinajstić information content (AvgIpc) is 3.04. The zero-order valence-electron chi connectivity index (χ0n) is 12.7. The molecular formula is C14H22N4O3. The Morgan fingerprint density at radius 1 is 1.62 bits per heavy atom. The van der Waals surface area contributed by atoms with Gasteiger partial charge in [-0.3, -0.25) is 14.9 Å². The topological polar surface area (TPSA) is 80.4 Å². The number of aromatic nitrogens is 1. The van der Waals surface area contributed by atoms with E-state index in [4.69, 9.17) is 0 Å². The van der Waals surface area contributed by atoms with Gasteiger partial charge >= 0.3 is 0 Å². The number of aryl methyl sites for hydroxylation is 1. The van der Waals surface area contributed by atoms with Crippen molar-refractivity contribution in [1.82, 2.24) is 14.8 Å². The van der Waals surface area contributed by atoms with E-state index in [1.165, 1.54) is 16.8 Å². The molecule has 0 saturated carbocycles. The molecule has 1 fully saturated rings. The Hall–Kier alpha value is -1.89. The van der Waals surface area contributed by atoms with Crippen LogP contribution in [-0.4, -0.2) is 45.5 Å². The fourth-order valence-electron chi connectivity index (χ4n) is 2.68. The van der Waals surface area contributed by atoms with Gasteiger partial charge < -0.3 is 14.8 Å². The van der Waals surface area contributed by atoms with Crippen molar-refractivity contribution in [2.75, 3.05) is 13.1 Å². The number of carbonyl (C=O) groups is 1. The number of rotatable bonds is 5. The van der Waals surface area contributed by atoms with Crippen LogP contribution >= 0.6 is 0 Å². The van der Waals surface area contributed by atoms with Crippen molar-refractivity contribution in [3.05, 3.63) is 28.1 Å². The van der Waals surface area contributed by atoms with E-state index in [2.05, 4.69) is 5.32 Å². The number of nitrogens with one attached hydrogen (secondary N) is 1. The molecular weight excluding hydrogens is 272 g/mol. The fraction of sp³-hybridized carbons (Fsp3) is 0.643. The first kappa shape index (κ1) is 15.5. The van der Waals surface area contributed by atoms with Crippen LogP contribution in [0.2, 0.25) is 0 Å². The highest BCUT2D eigenvalue weighted by Gasteiger charge is 2.27. The second-order valence-electron chi connectivity index (χ2n) is 5.80. The average molecular weight is 294 g/mol. The van der Waals surface area contributed by atoms with Crippen LogP contribution in [0.25, 0.3) is 0 Å². The van der Waals surface area contributed by atoms with Crippen LogP contribution in [0.1, 0.15) is 37.2 Å². The van der Waals surface area contributed by atoms with Gasteiger partial charge in [0.05, 0.1) is 11.1 Å². The molecule has 0 radical (unpaired) electrons. The van der Waals surface area contributed by atoms with Crippen LogP contribution in [0, 0.1) is 10.1 Å². The van der Waals surface area contributed by atoms with Crippen molar-refractivity contribution in [1.29, 1.82) is 0 Å². The van der Waals surface area contributed by atoms with Gasteiger partial charge in [-0.1, -0.05) is 0 Å². The van der Waals surface area contributed by atoms with Crippen molar-refractivity contribution < 1.29 is 9.72 Å². The first-order chi connectivity index (χ1) is 9.90. The molecule has 0 spiro atoms. The molecule has 7 nitrogen and oxygen atoms in total. The van der Waals surface area contributed by atoms with Crippen molar-refractivity contribution in [2.24, 2.45) is 7.05 Å². The van der Waals surface area contributed by atoms with E-state index in [0.29, 0.717) is 18.3 Å². The van der Waals surface area contributed by atoms with E-state index in [-0.39, 0.29) is 17.6 Å². The largest absolute Gasteiger partial charge is 0.340 e. The third-order valence-electron chi connectivity index (χ3n) is 3.88. The molecule has 1 atom stereocenters. The Bertz CT molecular complexity index is 532. The monoisotopic (exact) mass is 294 g/mol. The number of carbonyl (C=O) groups excluding carboxylic acids is 1. The Kier molecular flexibility index (Phi) is 4.62. The standard InChI is InChI=1S/C14H22N4O3/c1-10(2)17(8-11-5-4-6-15-11)14(19)13-7-12(18(20)21)9-16(13)3/h7,9-11,15H,4-6,8H2,1-3H3.